The molecule has 4 aromatic rings. The minimum Gasteiger partial charge on any atom is -0.482 e. The Kier molecular flexibility index (Phi) is 6.58. The molecule has 7 nitrogen and oxygen atoms in total. The third-order valence-corrected chi connectivity index (χ3v) is 7.02. The van der Waals surface area contributed by atoms with Gasteiger partial charge in [-0.1, -0.05) is 66.7 Å². The lowest BCUT2D eigenvalue weighted by Gasteiger charge is -2.51. The summed E-state index contributed by atoms with van der Waals surface area (Å²) in [6.45, 7) is 0.901. The molecule has 0 unspecified atom stereocenters. The quantitative estimate of drug-likeness (QED) is 0.374. The van der Waals surface area contributed by atoms with E-state index in [-0.39, 0.29) is 30.6 Å². The highest BCUT2D eigenvalue weighted by Crippen LogP contribution is 2.36. The molecule has 3 heterocycles. The van der Waals surface area contributed by atoms with E-state index in [1.54, 1.807) is 9.58 Å². The second kappa shape index (κ2) is 10.3. The first-order chi connectivity index (χ1) is 19.0. The van der Waals surface area contributed by atoms with Gasteiger partial charge in [-0.05, 0) is 28.8 Å². The Morgan fingerprint density at radius 3 is 2.38 bits per heavy atom. The van der Waals surface area contributed by atoms with E-state index in [4.69, 9.17) is 9.47 Å². The summed E-state index contributed by atoms with van der Waals surface area (Å²) in [6.07, 6.45) is 0.939. The zero-order valence-electron chi connectivity index (χ0n) is 20.9. The van der Waals surface area contributed by atoms with Crippen molar-refractivity contribution in [3.05, 3.63) is 135 Å². The highest BCUT2D eigenvalue weighted by Gasteiger charge is 2.45. The summed E-state index contributed by atoms with van der Waals surface area (Å²) in [5.74, 6) is -2.37. The lowest BCUT2D eigenvalue weighted by atomic mass is 9.96. The van der Waals surface area contributed by atoms with E-state index in [1.165, 1.54) is 18.3 Å². The van der Waals surface area contributed by atoms with Gasteiger partial charge in [-0.15, -0.1) is 0 Å². The van der Waals surface area contributed by atoms with Crippen molar-refractivity contribution in [2.75, 3.05) is 24.8 Å². The van der Waals surface area contributed by atoms with E-state index in [0.717, 1.165) is 23.3 Å². The fraction of sp³-hybridized carbons (Fsp3) is 0.200. The van der Waals surface area contributed by atoms with Gasteiger partial charge in [0.2, 0.25) is 5.43 Å². The van der Waals surface area contributed by atoms with Crippen LogP contribution in [0.3, 0.4) is 0 Å². The van der Waals surface area contributed by atoms with Crippen molar-refractivity contribution in [2.24, 2.45) is 0 Å². The summed E-state index contributed by atoms with van der Waals surface area (Å²) in [5.41, 5.74) is 1.73. The van der Waals surface area contributed by atoms with Crippen LogP contribution in [0.5, 0.6) is 5.75 Å². The van der Waals surface area contributed by atoms with E-state index in [1.807, 2.05) is 65.7 Å². The number of fused-ring (bicyclic) bond motifs is 2. The summed E-state index contributed by atoms with van der Waals surface area (Å²) >= 11 is 0. The zero-order valence-corrected chi connectivity index (χ0v) is 20.9. The molecule has 6 rings (SSSR count). The molecule has 1 aromatic heterocycles. The molecule has 39 heavy (non-hydrogen) atoms. The van der Waals surface area contributed by atoms with Gasteiger partial charge in [-0.2, -0.15) is 0 Å². The maximum absolute atomic E-state index is 14.5. The molecule has 0 spiro atoms. The molecule has 0 N–H and O–H groups in total. The molecule has 2 atom stereocenters. The van der Waals surface area contributed by atoms with Gasteiger partial charge >= 0.3 is 0 Å². The van der Waals surface area contributed by atoms with Gasteiger partial charge in [-0.25, -0.2) is 8.78 Å². The second-order valence-corrected chi connectivity index (χ2v) is 9.40. The molecule has 2 aliphatic heterocycles. The van der Waals surface area contributed by atoms with Crippen molar-refractivity contribution in [1.29, 1.82) is 0 Å². The fourth-order valence-corrected chi connectivity index (χ4v) is 5.20. The Morgan fingerprint density at radius 2 is 1.64 bits per heavy atom. The van der Waals surface area contributed by atoms with Gasteiger partial charge in [-0.3, -0.25) is 19.3 Å². The minimum atomic E-state index is -0.981. The first-order valence-electron chi connectivity index (χ1n) is 12.6. The van der Waals surface area contributed by atoms with Crippen LogP contribution < -0.4 is 15.2 Å². The predicted octanol–water partition coefficient (Wildman–Crippen LogP) is 4.25. The van der Waals surface area contributed by atoms with E-state index in [0.29, 0.717) is 18.7 Å². The number of halogens is 2. The third kappa shape index (κ3) is 4.55. The van der Waals surface area contributed by atoms with Gasteiger partial charge in [0.05, 0.1) is 19.3 Å². The minimum absolute atomic E-state index is 0.0695. The first-order valence-corrected chi connectivity index (χ1v) is 12.6. The molecular weight excluding hydrogens is 504 g/mol. The molecule has 0 saturated carbocycles. The molecule has 9 heteroatoms. The monoisotopic (exact) mass is 529 g/mol. The number of hydrogen-bond acceptors (Lipinski definition) is 5. The van der Waals surface area contributed by atoms with Crippen LogP contribution >= 0.6 is 0 Å². The van der Waals surface area contributed by atoms with E-state index in [2.05, 4.69) is 0 Å². The highest BCUT2D eigenvalue weighted by molar-refractivity contribution is 5.96. The van der Waals surface area contributed by atoms with Crippen LogP contribution in [0, 0.1) is 11.6 Å². The molecule has 2 aliphatic rings. The molecule has 1 amide bonds. The number of carbonyl (C=O) groups is 1. The molecule has 1 fully saturated rings. The number of benzene rings is 3. The Balaban J connectivity index is 1.54. The number of amides is 1. The smallest absolute Gasteiger partial charge is 0.278 e. The standard InChI is InChI=1S/C30H25F2N3O4/c31-23-12-11-22(17-24(23)32)27(21-9-5-2-6-10-21)35-26-19-38-16-15-33(26)30(37)28-29(25(36)13-14-34(28)35)39-18-20-7-3-1-4-8-20/h1-14,17,26-27H,15-16,18-19H2/t26-,27-/m1/s1. The number of aromatic nitrogens is 1. The number of hydrogen-bond donors (Lipinski definition) is 0. The van der Waals surface area contributed by atoms with Crippen molar-refractivity contribution < 1.29 is 23.0 Å². The van der Waals surface area contributed by atoms with Crippen LogP contribution in [0.1, 0.15) is 33.2 Å². The Bertz CT molecular complexity index is 1560. The topological polar surface area (TPSA) is 64.0 Å². The SMILES string of the molecule is O=C1c2c(OCc3ccccc3)c(=O)ccn2N([C@H](c2ccccc2)c2ccc(F)c(F)c2)[C@@H]2COCCN12. The average Bonchev–Trinajstić information content (AvgIpc) is 2.97. The lowest BCUT2D eigenvalue weighted by Crippen LogP contribution is -2.66. The molecule has 0 radical (unpaired) electrons. The Morgan fingerprint density at radius 1 is 0.897 bits per heavy atom. The van der Waals surface area contributed by atoms with Crippen molar-refractivity contribution in [2.45, 2.75) is 18.8 Å². The van der Waals surface area contributed by atoms with Gasteiger partial charge < -0.3 is 14.4 Å². The normalized spacial score (nSPS) is 17.4. The average molecular weight is 530 g/mol. The van der Waals surface area contributed by atoms with Crippen LogP contribution in [0.2, 0.25) is 0 Å². The Labute approximate surface area is 223 Å². The zero-order chi connectivity index (χ0) is 26.9. The molecule has 1 saturated heterocycles. The van der Waals surface area contributed by atoms with Crippen molar-refractivity contribution in [3.8, 4) is 5.75 Å². The van der Waals surface area contributed by atoms with Gasteiger partial charge in [0.25, 0.3) is 5.91 Å². The third-order valence-electron chi connectivity index (χ3n) is 7.02. The lowest BCUT2D eigenvalue weighted by molar-refractivity contribution is -0.0198. The van der Waals surface area contributed by atoms with E-state index >= 15 is 0 Å². The van der Waals surface area contributed by atoms with Gasteiger partial charge in [0.1, 0.15) is 12.8 Å². The number of ether oxygens (including phenoxy) is 2. The maximum Gasteiger partial charge on any atom is 0.278 e. The first kappa shape index (κ1) is 24.8. The van der Waals surface area contributed by atoms with Crippen LogP contribution in [0.25, 0.3) is 0 Å². The largest absolute Gasteiger partial charge is 0.482 e. The summed E-state index contributed by atoms with van der Waals surface area (Å²) < 4.78 is 41.9. The number of morpholine rings is 1. The summed E-state index contributed by atoms with van der Waals surface area (Å²) in [7, 11) is 0. The van der Waals surface area contributed by atoms with Crippen molar-refractivity contribution in [1.82, 2.24) is 9.58 Å². The molecule has 3 aromatic carbocycles. The number of carbonyl (C=O) groups excluding carboxylic acids is 1. The molecule has 0 bridgehead atoms. The van der Waals surface area contributed by atoms with E-state index in [9.17, 15) is 18.4 Å². The predicted molar refractivity (Wildman–Crippen MR) is 140 cm³/mol. The molecule has 198 valence electrons. The summed E-state index contributed by atoms with van der Waals surface area (Å²) in [6, 6.07) is 23.1. The van der Waals surface area contributed by atoms with Gasteiger partial charge in [0.15, 0.2) is 23.1 Å². The maximum atomic E-state index is 14.5. The van der Waals surface area contributed by atoms with Gasteiger partial charge in [0, 0.05) is 18.8 Å². The number of nitrogens with zero attached hydrogens (tertiary/aromatic N) is 3. The van der Waals surface area contributed by atoms with E-state index < -0.39 is 29.3 Å². The fourth-order valence-electron chi connectivity index (χ4n) is 5.20. The Hall–Kier alpha value is -4.50. The van der Waals surface area contributed by atoms with Crippen LogP contribution in [0.4, 0.5) is 8.78 Å². The highest BCUT2D eigenvalue weighted by atomic mass is 19.2. The summed E-state index contributed by atoms with van der Waals surface area (Å²) in [4.78, 5) is 28.6. The number of rotatable bonds is 6. The summed E-state index contributed by atoms with van der Waals surface area (Å²) in [5, 5.41) is 1.87. The molecule has 0 aliphatic carbocycles. The second-order valence-electron chi connectivity index (χ2n) is 9.40. The number of pyridine rings is 1. The van der Waals surface area contributed by atoms with Crippen LogP contribution in [0.15, 0.2) is 95.9 Å². The molecular formula is C30H25F2N3O4. The van der Waals surface area contributed by atoms with Crippen molar-refractivity contribution >= 4 is 5.91 Å². The van der Waals surface area contributed by atoms with Crippen LogP contribution in [-0.2, 0) is 11.3 Å². The van der Waals surface area contributed by atoms with Crippen LogP contribution in [-0.4, -0.2) is 41.4 Å². The van der Waals surface area contributed by atoms with Crippen molar-refractivity contribution in [3.63, 3.8) is 0 Å².